The van der Waals surface area contributed by atoms with E-state index in [-0.39, 0.29) is 5.54 Å². The first kappa shape index (κ1) is 11.5. The molecule has 2 N–H and O–H groups in total. The molecule has 2 aromatic rings. The van der Waals surface area contributed by atoms with Crippen molar-refractivity contribution >= 4 is 6.02 Å². The lowest BCUT2D eigenvalue weighted by atomic mass is 9.97. The van der Waals surface area contributed by atoms with E-state index in [1.165, 1.54) is 16.7 Å². The van der Waals surface area contributed by atoms with E-state index >= 15 is 0 Å². The number of nitrogens with zero attached hydrogens (tertiary/aromatic N) is 3. The van der Waals surface area contributed by atoms with Crippen molar-refractivity contribution in [1.29, 1.82) is 0 Å². The van der Waals surface area contributed by atoms with Gasteiger partial charge in [0.05, 0.1) is 5.69 Å². The molecule has 4 rings (SSSR count). The van der Waals surface area contributed by atoms with Gasteiger partial charge in [-0.15, -0.1) is 0 Å². The monoisotopic (exact) mass is 268 g/mol. The summed E-state index contributed by atoms with van der Waals surface area (Å²) in [5, 5.41) is 4.26. The Morgan fingerprint density at radius 1 is 1.30 bits per heavy atom. The predicted octanol–water partition coefficient (Wildman–Crippen LogP) is 1.27. The number of fused-ring (bicyclic) bond motifs is 1. The number of ether oxygens (including phenoxy) is 1. The first-order valence-corrected chi connectivity index (χ1v) is 6.74. The summed E-state index contributed by atoms with van der Waals surface area (Å²) in [5.74, 6) is 0. The van der Waals surface area contributed by atoms with Crippen molar-refractivity contribution in [2.45, 2.75) is 18.4 Å². The number of aromatic nitrogens is 2. The summed E-state index contributed by atoms with van der Waals surface area (Å²) in [5.41, 5.74) is 10.6. The highest BCUT2D eigenvalue weighted by Gasteiger charge is 2.42. The molecule has 1 atom stereocenters. The standard InChI is InChI=1S/C15H16N4O/c1-19-13(5-6-17-19)11-4-2-3-10-7-15(8-12(10)11)9-20-14(16)18-15/h2-6H,7-9H2,1H3,(H2,16,18). The smallest absolute Gasteiger partial charge is 0.282 e. The molecular formula is C15H16N4O. The molecule has 1 aliphatic carbocycles. The molecule has 0 radical (unpaired) electrons. The number of rotatable bonds is 1. The van der Waals surface area contributed by atoms with Gasteiger partial charge in [0.1, 0.15) is 12.1 Å². The molecule has 2 heterocycles. The summed E-state index contributed by atoms with van der Waals surface area (Å²) in [4.78, 5) is 4.53. The maximum atomic E-state index is 5.69. The Kier molecular flexibility index (Phi) is 2.22. The molecule has 0 amide bonds. The van der Waals surface area contributed by atoms with E-state index < -0.39 is 0 Å². The highest BCUT2D eigenvalue weighted by Crippen LogP contribution is 2.40. The fourth-order valence-electron chi connectivity index (χ4n) is 3.32. The number of hydrogen-bond donors (Lipinski definition) is 1. The van der Waals surface area contributed by atoms with Crippen LogP contribution in [-0.2, 0) is 24.6 Å². The van der Waals surface area contributed by atoms with Crippen LogP contribution in [0.4, 0.5) is 0 Å². The van der Waals surface area contributed by atoms with Crippen LogP contribution in [0.2, 0.25) is 0 Å². The van der Waals surface area contributed by atoms with E-state index in [0.717, 1.165) is 18.5 Å². The van der Waals surface area contributed by atoms with Crippen molar-refractivity contribution in [3.63, 3.8) is 0 Å². The van der Waals surface area contributed by atoms with Crippen molar-refractivity contribution < 1.29 is 4.74 Å². The van der Waals surface area contributed by atoms with Gasteiger partial charge in [-0.05, 0) is 17.2 Å². The lowest BCUT2D eigenvalue weighted by molar-refractivity contribution is 0.258. The minimum Gasteiger partial charge on any atom is -0.463 e. The molecule has 0 saturated carbocycles. The minimum absolute atomic E-state index is 0.193. The number of aliphatic imine (C=N–C) groups is 1. The Hall–Kier alpha value is -2.30. The molecule has 1 aromatic carbocycles. The van der Waals surface area contributed by atoms with Crippen LogP contribution >= 0.6 is 0 Å². The minimum atomic E-state index is -0.193. The van der Waals surface area contributed by atoms with Gasteiger partial charge in [0.15, 0.2) is 0 Å². The van der Waals surface area contributed by atoms with Crippen LogP contribution in [0.25, 0.3) is 11.3 Å². The maximum Gasteiger partial charge on any atom is 0.282 e. The van der Waals surface area contributed by atoms with Gasteiger partial charge in [-0.3, -0.25) is 4.68 Å². The highest BCUT2D eigenvalue weighted by atomic mass is 16.5. The zero-order chi connectivity index (χ0) is 13.7. The van der Waals surface area contributed by atoms with Crippen LogP contribution in [-0.4, -0.2) is 27.9 Å². The molecule has 0 fully saturated rings. The van der Waals surface area contributed by atoms with Gasteiger partial charge in [0.25, 0.3) is 6.02 Å². The molecular weight excluding hydrogens is 252 g/mol. The maximum absolute atomic E-state index is 5.69. The first-order valence-electron chi connectivity index (χ1n) is 6.74. The number of amidine groups is 1. The van der Waals surface area contributed by atoms with E-state index in [1.54, 1.807) is 0 Å². The van der Waals surface area contributed by atoms with Crippen molar-refractivity contribution in [2.24, 2.45) is 17.8 Å². The van der Waals surface area contributed by atoms with Crippen LogP contribution < -0.4 is 5.73 Å². The average Bonchev–Trinajstić information content (AvgIpc) is 3.09. The molecule has 1 aromatic heterocycles. The van der Waals surface area contributed by atoms with Gasteiger partial charge in [0.2, 0.25) is 0 Å². The molecule has 0 saturated heterocycles. The van der Waals surface area contributed by atoms with E-state index in [2.05, 4.69) is 28.3 Å². The Balaban J connectivity index is 1.82. The third-order valence-electron chi connectivity index (χ3n) is 4.23. The summed E-state index contributed by atoms with van der Waals surface area (Å²) in [6.07, 6.45) is 3.60. The molecule has 20 heavy (non-hydrogen) atoms. The highest BCUT2D eigenvalue weighted by molar-refractivity contribution is 5.75. The molecule has 102 valence electrons. The Bertz CT molecular complexity index is 718. The van der Waals surface area contributed by atoms with Gasteiger partial charge >= 0.3 is 0 Å². The molecule has 5 nitrogen and oxygen atoms in total. The van der Waals surface area contributed by atoms with Crippen molar-refractivity contribution in [2.75, 3.05) is 6.61 Å². The molecule has 1 unspecified atom stereocenters. The summed E-state index contributed by atoms with van der Waals surface area (Å²) >= 11 is 0. The lowest BCUT2D eigenvalue weighted by Crippen LogP contribution is -2.28. The number of nitrogens with two attached hydrogens (primary N) is 1. The van der Waals surface area contributed by atoms with E-state index in [0.29, 0.717) is 12.6 Å². The van der Waals surface area contributed by atoms with E-state index in [9.17, 15) is 0 Å². The van der Waals surface area contributed by atoms with Gasteiger partial charge in [-0.1, -0.05) is 18.2 Å². The topological polar surface area (TPSA) is 65.4 Å². The molecule has 2 aliphatic rings. The van der Waals surface area contributed by atoms with Gasteiger partial charge in [0, 0.05) is 31.6 Å². The van der Waals surface area contributed by atoms with E-state index in [1.807, 2.05) is 24.0 Å². The number of aryl methyl sites for hydroxylation is 1. The lowest BCUT2D eigenvalue weighted by Gasteiger charge is -2.15. The van der Waals surface area contributed by atoms with Gasteiger partial charge < -0.3 is 10.5 Å². The summed E-state index contributed by atoms with van der Waals surface area (Å²) in [7, 11) is 1.97. The van der Waals surface area contributed by atoms with Crippen LogP contribution in [0.5, 0.6) is 0 Å². The van der Waals surface area contributed by atoms with Crippen molar-refractivity contribution in [1.82, 2.24) is 9.78 Å². The van der Waals surface area contributed by atoms with Crippen LogP contribution in [0.3, 0.4) is 0 Å². The largest absolute Gasteiger partial charge is 0.463 e. The van der Waals surface area contributed by atoms with Crippen LogP contribution in [0, 0.1) is 0 Å². The third kappa shape index (κ3) is 1.56. The van der Waals surface area contributed by atoms with Crippen molar-refractivity contribution in [3.8, 4) is 11.3 Å². The zero-order valence-electron chi connectivity index (χ0n) is 11.3. The van der Waals surface area contributed by atoms with Crippen LogP contribution in [0.1, 0.15) is 11.1 Å². The van der Waals surface area contributed by atoms with Crippen molar-refractivity contribution in [3.05, 3.63) is 41.6 Å². The average molecular weight is 268 g/mol. The fraction of sp³-hybridized carbons (Fsp3) is 0.333. The van der Waals surface area contributed by atoms with Crippen LogP contribution in [0.15, 0.2) is 35.5 Å². The normalized spacial score (nSPS) is 23.8. The van der Waals surface area contributed by atoms with Gasteiger partial charge in [-0.25, -0.2) is 4.99 Å². The number of hydrogen-bond acceptors (Lipinski definition) is 4. The summed E-state index contributed by atoms with van der Waals surface area (Å²) in [6, 6.07) is 8.79. The second-order valence-electron chi connectivity index (χ2n) is 5.60. The quantitative estimate of drug-likeness (QED) is 0.847. The molecule has 5 heteroatoms. The van der Waals surface area contributed by atoms with E-state index in [4.69, 9.17) is 10.5 Å². The first-order chi connectivity index (χ1) is 9.67. The second kappa shape index (κ2) is 3.85. The Labute approximate surface area is 117 Å². The predicted molar refractivity (Wildman–Crippen MR) is 76.4 cm³/mol. The molecule has 0 bridgehead atoms. The summed E-state index contributed by atoms with van der Waals surface area (Å²) < 4.78 is 7.29. The zero-order valence-corrected chi connectivity index (χ0v) is 11.3. The SMILES string of the molecule is Cn1nccc1-c1cccc2c1CC1(COC(N)=N1)C2. The Morgan fingerprint density at radius 2 is 2.20 bits per heavy atom. The third-order valence-corrected chi connectivity index (χ3v) is 4.23. The Morgan fingerprint density at radius 3 is 2.90 bits per heavy atom. The molecule has 1 aliphatic heterocycles. The second-order valence-corrected chi connectivity index (χ2v) is 5.60. The number of benzene rings is 1. The van der Waals surface area contributed by atoms with Gasteiger partial charge in [-0.2, -0.15) is 5.10 Å². The molecule has 1 spiro atoms. The fourth-order valence-corrected chi connectivity index (χ4v) is 3.32. The summed E-state index contributed by atoms with van der Waals surface area (Å²) in [6.45, 7) is 0.582.